The maximum absolute atomic E-state index is 10.9. The highest BCUT2D eigenvalue weighted by Gasteiger charge is 2.26. The van der Waals surface area contributed by atoms with E-state index in [1.54, 1.807) is 7.05 Å². The number of urea groups is 1. The topological polar surface area (TPSA) is 52.6 Å². The minimum absolute atomic E-state index is 0.0821. The van der Waals surface area contributed by atoms with Crippen molar-refractivity contribution < 1.29 is 9.90 Å². The van der Waals surface area contributed by atoms with Crippen LogP contribution in [0.1, 0.15) is 13.3 Å². The fourth-order valence-electron chi connectivity index (χ4n) is 0.981. The third-order valence-electron chi connectivity index (χ3n) is 1.70. The van der Waals surface area contributed by atoms with E-state index in [0.717, 1.165) is 0 Å². The average Bonchev–Trinajstić information content (AvgIpc) is 1.82. The Kier molecular flexibility index (Phi) is 1.80. The molecule has 1 saturated heterocycles. The Morgan fingerprint density at radius 1 is 1.80 bits per heavy atom. The Bertz CT molecular complexity index is 149. The summed E-state index contributed by atoms with van der Waals surface area (Å²) in [5.41, 5.74) is 0. The van der Waals surface area contributed by atoms with Crippen molar-refractivity contribution >= 4 is 6.03 Å². The molecule has 0 bridgehead atoms. The summed E-state index contributed by atoms with van der Waals surface area (Å²) in [6.07, 6.45) is -0.0221. The number of nitrogens with zero attached hydrogens (tertiary/aromatic N) is 1. The molecule has 1 rings (SSSR count). The molecule has 0 spiro atoms. The summed E-state index contributed by atoms with van der Waals surface area (Å²) >= 11 is 0. The fraction of sp³-hybridized carbons (Fsp3) is 0.833. The Morgan fingerprint density at radius 3 is 2.90 bits per heavy atom. The summed E-state index contributed by atoms with van der Waals surface area (Å²) in [5.74, 6) is 0. The summed E-state index contributed by atoms with van der Waals surface area (Å²) < 4.78 is 0. The lowest BCUT2D eigenvalue weighted by Crippen LogP contribution is -2.53. The van der Waals surface area contributed by atoms with Crippen LogP contribution in [0.5, 0.6) is 0 Å². The van der Waals surface area contributed by atoms with Crippen LogP contribution in [-0.4, -0.2) is 35.4 Å². The van der Waals surface area contributed by atoms with Gasteiger partial charge in [-0.15, -0.1) is 0 Å². The quantitative estimate of drug-likeness (QED) is 0.492. The maximum atomic E-state index is 10.9. The molecule has 0 radical (unpaired) electrons. The molecule has 58 valence electrons. The van der Waals surface area contributed by atoms with Crippen LogP contribution in [0.25, 0.3) is 0 Å². The number of amides is 2. The first kappa shape index (κ1) is 7.34. The zero-order valence-corrected chi connectivity index (χ0v) is 6.16. The van der Waals surface area contributed by atoms with Gasteiger partial charge in [-0.1, -0.05) is 0 Å². The lowest BCUT2D eigenvalue weighted by atomic mass is 10.2. The second-order valence-corrected chi connectivity index (χ2v) is 2.68. The Hall–Kier alpha value is -0.770. The predicted octanol–water partition coefficient (Wildman–Crippen LogP) is -0.262. The maximum Gasteiger partial charge on any atom is 0.319 e. The van der Waals surface area contributed by atoms with Crippen molar-refractivity contribution in [3.8, 4) is 0 Å². The van der Waals surface area contributed by atoms with Crippen molar-refractivity contribution in [2.75, 3.05) is 7.05 Å². The van der Waals surface area contributed by atoms with Gasteiger partial charge in [-0.3, -0.25) is 0 Å². The number of hydrogen-bond donors (Lipinski definition) is 2. The van der Waals surface area contributed by atoms with Gasteiger partial charge in [0.2, 0.25) is 0 Å². The molecule has 10 heavy (non-hydrogen) atoms. The molecule has 1 fully saturated rings. The zero-order valence-electron chi connectivity index (χ0n) is 6.16. The van der Waals surface area contributed by atoms with E-state index in [1.807, 2.05) is 6.92 Å². The summed E-state index contributed by atoms with van der Waals surface area (Å²) in [4.78, 5) is 12.2. The van der Waals surface area contributed by atoms with Crippen LogP contribution in [0, 0.1) is 0 Å². The second-order valence-electron chi connectivity index (χ2n) is 2.68. The third kappa shape index (κ3) is 1.21. The summed E-state index contributed by atoms with van der Waals surface area (Å²) in [6.45, 7) is 1.87. The number of carbonyl (C=O) groups excluding carboxylic acids is 1. The first-order valence-corrected chi connectivity index (χ1v) is 3.32. The van der Waals surface area contributed by atoms with Crippen molar-refractivity contribution in [1.29, 1.82) is 0 Å². The molecule has 0 aromatic carbocycles. The van der Waals surface area contributed by atoms with Crippen molar-refractivity contribution in [2.24, 2.45) is 0 Å². The average molecular weight is 144 g/mol. The van der Waals surface area contributed by atoms with E-state index < -0.39 is 6.23 Å². The van der Waals surface area contributed by atoms with E-state index in [1.165, 1.54) is 4.90 Å². The number of aliphatic hydroxyl groups excluding tert-OH is 1. The molecule has 4 heteroatoms. The molecular weight excluding hydrogens is 132 g/mol. The molecular formula is C6H12N2O2. The molecule has 0 aliphatic carbocycles. The molecule has 1 aliphatic rings. The SMILES string of the molecule is C[C@H]1C[C@H](O)N(C)C(=O)N1. The highest BCUT2D eigenvalue weighted by atomic mass is 16.3. The molecule has 0 unspecified atom stereocenters. The Labute approximate surface area is 59.8 Å². The zero-order chi connectivity index (χ0) is 7.72. The van der Waals surface area contributed by atoms with Crippen LogP contribution in [0.3, 0.4) is 0 Å². The molecule has 1 heterocycles. The van der Waals surface area contributed by atoms with Gasteiger partial charge in [-0.25, -0.2) is 4.79 Å². The van der Waals surface area contributed by atoms with E-state index in [9.17, 15) is 9.90 Å². The van der Waals surface area contributed by atoms with Crippen LogP contribution < -0.4 is 5.32 Å². The van der Waals surface area contributed by atoms with E-state index in [-0.39, 0.29) is 12.1 Å². The minimum Gasteiger partial charge on any atom is -0.373 e. The van der Waals surface area contributed by atoms with E-state index in [0.29, 0.717) is 6.42 Å². The number of aliphatic hydroxyl groups is 1. The van der Waals surface area contributed by atoms with Gasteiger partial charge in [0.15, 0.2) is 0 Å². The fourth-order valence-corrected chi connectivity index (χ4v) is 0.981. The van der Waals surface area contributed by atoms with Gasteiger partial charge in [-0.05, 0) is 6.92 Å². The summed E-state index contributed by atoms with van der Waals surface area (Å²) in [6, 6.07) is -0.120. The molecule has 0 aromatic rings. The van der Waals surface area contributed by atoms with E-state index >= 15 is 0 Å². The number of rotatable bonds is 0. The molecule has 0 aromatic heterocycles. The monoisotopic (exact) mass is 144 g/mol. The Balaban J connectivity index is 2.57. The molecule has 2 atom stereocenters. The van der Waals surface area contributed by atoms with Crippen molar-refractivity contribution in [3.05, 3.63) is 0 Å². The molecule has 4 nitrogen and oxygen atoms in total. The van der Waals surface area contributed by atoms with Gasteiger partial charge in [0.05, 0.1) is 0 Å². The number of nitrogens with one attached hydrogen (secondary N) is 1. The van der Waals surface area contributed by atoms with Crippen LogP contribution >= 0.6 is 0 Å². The molecule has 1 aliphatic heterocycles. The Morgan fingerprint density at radius 2 is 2.40 bits per heavy atom. The smallest absolute Gasteiger partial charge is 0.319 e. The van der Waals surface area contributed by atoms with Gasteiger partial charge in [0, 0.05) is 19.5 Å². The third-order valence-corrected chi connectivity index (χ3v) is 1.70. The number of hydrogen-bond acceptors (Lipinski definition) is 2. The standard InChI is InChI=1S/C6H12N2O2/c1-4-3-5(9)8(2)6(10)7-4/h4-5,9H,3H2,1-2H3,(H,7,10)/t4-,5-/m0/s1. The van der Waals surface area contributed by atoms with Crippen LogP contribution in [0.2, 0.25) is 0 Å². The van der Waals surface area contributed by atoms with E-state index in [4.69, 9.17) is 0 Å². The highest BCUT2D eigenvalue weighted by Crippen LogP contribution is 2.08. The lowest BCUT2D eigenvalue weighted by molar-refractivity contribution is 0.0164. The van der Waals surface area contributed by atoms with Crippen LogP contribution in [0.4, 0.5) is 4.79 Å². The first-order chi connectivity index (χ1) is 4.61. The molecule has 0 saturated carbocycles. The van der Waals surface area contributed by atoms with E-state index in [2.05, 4.69) is 5.32 Å². The highest BCUT2D eigenvalue weighted by molar-refractivity contribution is 5.75. The van der Waals surface area contributed by atoms with Crippen molar-refractivity contribution in [2.45, 2.75) is 25.6 Å². The van der Waals surface area contributed by atoms with Crippen LogP contribution in [-0.2, 0) is 0 Å². The second kappa shape index (κ2) is 2.46. The molecule has 2 amide bonds. The van der Waals surface area contributed by atoms with Gasteiger partial charge < -0.3 is 15.3 Å². The normalized spacial score (nSPS) is 33.9. The first-order valence-electron chi connectivity index (χ1n) is 3.32. The minimum atomic E-state index is -0.622. The van der Waals surface area contributed by atoms with Gasteiger partial charge >= 0.3 is 6.03 Å². The van der Waals surface area contributed by atoms with Gasteiger partial charge in [0.1, 0.15) is 6.23 Å². The largest absolute Gasteiger partial charge is 0.373 e. The van der Waals surface area contributed by atoms with Crippen molar-refractivity contribution in [3.63, 3.8) is 0 Å². The predicted molar refractivity (Wildman–Crippen MR) is 36.4 cm³/mol. The number of carbonyl (C=O) groups is 1. The summed E-state index contributed by atoms with van der Waals surface area (Å²) in [7, 11) is 1.58. The molecule has 2 N–H and O–H groups in total. The summed E-state index contributed by atoms with van der Waals surface area (Å²) in [5, 5.41) is 11.9. The van der Waals surface area contributed by atoms with Gasteiger partial charge in [0.25, 0.3) is 0 Å². The van der Waals surface area contributed by atoms with Gasteiger partial charge in [-0.2, -0.15) is 0 Å². The lowest BCUT2D eigenvalue weighted by Gasteiger charge is -2.32. The van der Waals surface area contributed by atoms with Crippen LogP contribution in [0.15, 0.2) is 0 Å². The van der Waals surface area contributed by atoms with Crippen molar-refractivity contribution in [1.82, 2.24) is 10.2 Å².